The zero-order chi connectivity index (χ0) is 18.4. The highest BCUT2D eigenvalue weighted by Crippen LogP contribution is 2.17. The van der Waals surface area contributed by atoms with Crippen molar-refractivity contribution in [3.8, 4) is 0 Å². The number of hydrogen-bond donors (Lipinski definition) is 1. The number of hydrogen-bond acceptors (Lipinski definition) is 3. The molecule has 1 atom stereocenters. The van der Waals surface area contributed by atoms with E-state index in [1.54, 1.807) is 6.07 Å². The fourth-order valence-electron chi connectivity index (χ4n) is 2.71. The minimum Gasteiger partial charge on any atom is -0.452 e. The minimum atomic E-state index is -0.476. The molecule has 0 fully saturated rings. The number of aryl methyl sites for hydroxylation is 3. The summed E-state index contributed by atoms with van der Waals surface area (Å²) < 4.78 is 5.16. The Morgan fingerprint density at radius 3 is 2.24 bits per heavy atom. The zero-order valence-corrected chi connectivity index (χ0v) is 15.3. The van der Waals surface area contributed by atoms with E-state index < -0.39 is 5.97 Å². The highest BCUT2D eigenvalue weighted by Gasteiger charge is 2.16. The first-order valence-corrected chi connectivity index (χ1v) is 8.51. The maximum atomic E-state index is 12.1. The van der Waals surface area contributed by atoms with Crippen molar-refractivity contribution in [3.63, 3.8) is 0 Å². The molecule has 2 rings (SSSR count). The van der Waals surface area contributed by atoms with Gasteiger partial charge in [-0.05, 0) is 44.4 Å². The number of amides is 1. The molecule has 0 aromatic heterocycles. The van der Waals surface area contributed by atoms with Gasteiger partial charge in [-0.15, -0.1) is 0 Å². The first-order valence-electron chi connectivity index (χ1n) is 8.51. The van der Waals surface area contributed by atoms with Gasteiger partial charge in [-0.2, -0.15) is 0 Å². The number of ether oxygens (including phenoxy) is 1. The van der Waals surface area contributed by atoms with Gasteiger partial charge >= 0.3 is 5.97 Å². The van der Waals surface area contributed by atoms with E-state index in [4.69, 9.17) is 4.74 Å². The van der Waals surface area contributed by atoms with E-state index in [0.29, 0.717) is 5.56 Å². The van der Waals surface area contributed by atoms with Crippen molar-refractivity contribution in [1.82, 2.24) is 5.32 Å². The standard InChI is InChI=1S/C21H25NO3/c1-5-19(17-9-6-14(2)7-10-17)22-20(23)13-25-21(24)18-11-8-15(3)12-16(18)4/h6-12,19H,5,13H2,1-4H3,(H,22,23)/t19-/m1/s1. The Labute approximate surface area is 149 Å². The van der Waals surface area contributed by atoms with E-state index >= 15 is 0 Å². The average Bonchev–Trinajstić information content (AvgIpc) is 2.58. The summed E-state index contributed by atoms with van der Waals surface area (Å²) in [5.41, 5.74) is 4.63. The number of nitrogens with one attached hydrogen (secondary N) is 1. The normalized spacial score (nSPS) is 11.7. The fourth-order valence-corrected chi connectivity index (χ4v) is 2.71. The second kappa shape index (κ2) is 8.47. The summed E-state index contributed by atoms with van der Waals surface area (Å²) in [6.07, 6.45) is 0.764. The Morgan fingerprint density at radius 1 is 1.00 bits per heavy atom. The quantitative estimate of drug-likeness (QED) is 0.808. The van der Waals surface area contributed by atoms with Gasteiger partial charge in [0.1, 0.15) is 0 Å². The van der Waals surface area contributed by atoms with E-state index in [1.807, 2.05) is 64.1 Å². The van der Waals surface area contributed by atoms with Crippen LogP contribution in [0.2, 0.25) is 0 Å². The summed E-state index contributed by atoms with van der Waals surface area (Å²) >= 11 is 0. The summed E-state index contributed by atoms with van der Waals surface area (Å²) in [4.78, 5) is 24.3. The van der Waals surface area contributed by atoms with E-state index in [0.717, 1.165) is 23.1 Å². The average molecular weight is 339 g/mol. The van der Waals surface area contributed by atoms with Gasteiger partial charge in [0, 0.05) is 0 Å². The van der Waals surface area contributed by atoms with E-state index in [1.165, 1.54) is 5.56 Å². The molecule has 1 N–H and O–H groups in total. The molecule has 0 saturated carbocycles. The topological polar surface area (TPSA) is 55.4 Å². The molecule has 0 unspecified atom stereocenters. The van der Waals surface area contributed by atoms with Crippen molar-refractivity contribution >= 4 is 11.9 Å². The van der Waals surface area contributed by atoms with Gasteiger partial charge in [-0.3, -0.25) is 4.79 Å². The van der Waals surface area contributed by atoms with E-state index in [2.05, 4.69) is 5.32 Å². The van der Waals surface area contributed by atoms with Crippen LogP contribution in [-0.2, 0) is 9.53 Å². The van der Waals surface area contributed by atoms with Crippen molar-refractivity contribution in [3.05, 3.63) is 70.3 Å². The first-order chi connectivity index (χ1) is 11.9. The predicted molar refractivity (Wildman–Crippen MR) is 98.6 cm³/mol. The Hall–Kier alpha value is -2.62. The Balaban J connectivity index is 1.92. The highest BCUT2D eigenvalue weighted by molar-refractivity contribution is 5.92. The highest BCUT2D eigenvalue weighted by atomic mass is 16.5. The lowest BCUT2D eigenvalue weighted by molar-refractivity contribution is -0.125. The molecule has 0 aliphatic carbocycles. The van der Waals surface area contributed by atoms with Crippen LogP contribution in [0.3, 0.4) is 0 Å². The summed E-state index contributed by atoms with van der Waals surface area (Å²) in [6.45, 7) is 7.57. The maximum absolute atomic E-state index is 12.1. The van der Waals surface area contributed by atoms with Crippen LogP contribution in [-0.4, -0.2) is 18.5 Å². The Kier molecular flexibility index (Phi) is 6.34. The third-order valence-corrected chi connectivity index (χ3v) is 4.16. The number of carbonyl (C=O) groups excluding carboxylic acids is 2. The van der Waals surface area contributed by atoms with Gasteiger partial charge < -0.3 is 10.1 Å². The SMILES string of the molecule is CC[C@@H](NC(=O)COC(=O)c1ccc(C)cc1C)c1ccc(C)cc1. The minimum absolute atomic E-state index is 0.0899. The first kappa shape index (κ1) is 18.7. The van der Waals surface area contributed by atoms with Gasteiger partial charge in [0.25, 0.3) is 5.91 Å². The van der Waals surface area contributed by atoms with Crippen molar-refractivity contribution < 1.29 is 14.3 Å². The molecule has 0 heterocycles. The molecule has 25 heavy (non-hydrogen) atoms. The molecule has 4 nitrogen and oxygen atoms in total. The van der Waals surface area contributed by atoms with Gasteiger partial charge in [0.05, 0.1) is 11.6 Å². The largest absolute Gasteiger partial charge is 0.452 e. The number of rotatable bonds is 6. The van der Waals surface area contributed by atoms with Crippen LogP contribution in [0.5, 0.6) is 0 Å². The summed E-state index contributed by atoms with van der Waals surface area (Å²) in [6, 6.07) is 13.5. The molecule has 0 aliphatic rings. The number of carbonyl (C=O) groups is 2. The van der Waals surface area contributed by atoms with Gasteiger partial charge in [0.15, 0.2) is 6.61 Å². The lowest BCUT2D eigenvalue weighted by Gasteiger charge is -2.18. The van der Waals surface area contributed by atoms with Crippen molar-refractivity contribution in [2.24, 2.45) is 0 Å². The van der Waals surface area contributed by atoms with Crippen molar-refractivity contribution in [1.29, 1.82) is 0 Å². The molecule has 0 spiro atoms. The maximum Gasteiger partial charge on any atom is 0.338 e. The summed E-state index contributed by atoms with van der Waals surface area (Å²) in [5, 5.41) is 2.92. The second-order valence-corrected chi connectivity index (χ2v) is 6.33. The molecule has 1 amide bonds. The molecule has 0 bridgehead atoms. The Bertz CT molecular complexity index is 750. The number of esters is 1. The van der Waals surface area contributed by atoms with E-state index in [-0.39, 0.29) is 18.6 Å². The van der Waals surface area contributed by atoms with Crippen LogP contribution in [0.1, 0.15) is 52.0 Å². The predicted octanol–water partition coefficient (Wildman–Crippen LogP) is 4.04. The summed E-state index contributed by atoms with van der Waals surface area (Å²) in [7, 11) is 0. The molecule has 2 aromatic rings. The number of benzene rings is 2. The molecule has 0 saturated heterocycles. The second-order valence-electron chi connectivity index (χ2n) is 6.33. The van der Waals surface area contributed by atoms with Crippen LogP contribution in [0.4, 0.5) is 0 Å². The molecule has 4 heteroatoms. The van der Waals surface area contributed by atoms with Crippen LogP contribution in [0, 0.1) is 20.8 Å². The van der Waals surface area contributed by atoms with Crippen molar-refractivity contribution in [2.75, 3.05) is 6.61 Å². The van der Waals surface area contributed by atoms with Gasteiger partial charge in [-0.1, -0.05) is 54.4 Å². The lowest BCUT2D eigenvalue weighted by atomic mass is 10.0. The van der Waals surface area contributed by atoms with Crippen LogP contribution < -0.4 is 5.32 Å². The fraction of sp³-hybridized carbons (Fsp3) is 0.333. The smallest absolute Gasteiger partial charge is 0.338 e. The zero-order valence-electron chi connectivity index (χ0n) is 15.3. The summed E-state index contributed by atoms with van der Waals surface area (Å²) in [5.74, 6) is -0.776. The van der Waals surface area contributed by atoms with Crippen LogP contribution in [0.25, 0.3) is 0 Å². The van der Waals surface area contributed by atoms with Gasteiger partial charge in [-0.25, -0.2) is 4.79 Å². The molecular weight excluding hydrogens is 314 g/mol. The van der Waals surface area contributed by atoms with Crippen molar-refractivity contribution in [2.45, 2.75) is 40.2 Å². The molecule has 0 radical (unpaired) electrons. The third kappa shape index (κ3) is 5.18. The molecule has 2 aromatic carbocycles. The molecule has 0 aliphatic heterocycles. The monoisotopic (exact) mass is 339 g/mol. The van der Waals surface area contributed by atoms with Crippen LogP contribution in [0.15, 0.2) is 42.5 Å². The third-order valence-electron chi connectivity index (χ3n) is 4.16. The molecular formula is C21H25NO3. The van der Waals surface area contributed by atoms with E-state index in [9.17, 15) is 9.59 Å². The Morgan fingerprint density at radius 2 is 1.64 bits per heavy atom. The molecule has 132 valence electrons. The lowest BCUT2D eigenvalue weighted by Crippen LogP contribution is -2.32. The van der Waals surface area contributed by atoms with Crippen LogP contribution >= 0.6 is 0 Å². The van der Waals surface area contributed by atoms with Gasteiger partial charge in [0.2, 0.25) is 0 Å².